The molecule has 0 radical (unpaired) electrons. The first-order valence-corrected chi connectivity index (χ1v) is 4.60. The van der Waals surface area contributed by atoms with Gasteiger partial charge in [0.2, 0.25) is 11.7 Å². The quantitative estimate of drug-likeness (QED) is 0.645. The highest BCUT2D eigenvalue weighted by atomic mass is 16.2. The van der Waals surface area contributed by atoms with Gasteiger partial charge in [-0.25, -0.2) is 0 Å². The van der Waals surface area contributed by atoms with Crippen LogP contribution in [0.2, 0.25) is 0 Å². The van der Waals surface area contributed by atoms with Crippen LogP contribution in [0, 0.1) is 5.41 Å². The number of allylic oxidation sites excluding steroid dienone is 3. The summed E-state index contributed by atoms with van der Waals surface area (Å²) >= 11 is 0. The van der Waals surface area contributed by atoms with Crippen molar-refractivity contribution in [2.75, 3.05) is 0 Å². The lowest BCUT2D eigenvalue weighted by molar-refractivity contribution is -0.128. The minimum atomic E-state index is -0.592. The molecular formula is C11H13NO3. The molecule has 0 heterocycles. The summed E-state index contributed by atoms with van der Waals surface area (Å²) in [6, 6.07) is 0. The van der Waals surface area contributed by atoms with Gasteiger partial charge in [0.1, 0.15) is 0 Å². The lowest BCUT2D eigenvalue weighted by Gasteiger charge is -2.18. The summed E-state index contributed by atoms with van der Waals surface area (Å²) in [5.74, 6) is -0.934. The Bertz CT molecular complexity index is 383. The molecule has 0 fully saturated rings. The van der Waals surface area contributed by atoms with Crippen molar-refractivity contribution in [3.05, 3.63) is 23.9 Å². The van der Waals surface area contributed by atoms with Gasteiger partial charge in [0.05, 0.1) is 5.70 Å². The molecule has 0 saturated heterocycles. The predicted octanol–water partition coefficient (Wildman–Crippen LogP) is 0.741. The predicted molar refractivity (Wildman–Crippen MR) is 54.8 cm³/mol. The Morgan fingerprint density at radius 3 is 2.33 bits per heavy atom. The first kappa shape index (κ1) is 11.4. The van der Waals surface area contributed by atoms with Crippen LogP contribution >= 0.6 is 0 Å². The Balaban J connectivity index is 2.79. The highest BCUT2D eigenvalue weighted by molar-refractivity contribution is 6.18. The average Bonchev–Trinajstić information content (AvgIpc) is 2.09. The topological polar surface area (TPSA) is 63.2 Å². The first-order valence-electron chi connectivity index (χ1n) is 4.60. The summed E-state index contributed by atoms with van der Waals surface area (Å²) < 4.78 is 0. The van der Waals surface area contributed by atoms with Crippen LogP contribution in [0.5, 0.6) is 0 Å². The minimum Gasteiger partial charge on any atom is -0.322 e. The van der Waals surface area contributed by atoms with Crippen LogP contribution in [0.25, 0.3) is 0 Å². The largest absolute Gasteiger partial charge is 0.322 e. The lowest BCUT2D eigenvalue weighted by Crippen LogP contribution is -2.37. The highest BCUT2D eigenvalue weighted by Crippen LogP contribution is 2.14. The molecule has 4 nitrogen and oxygen atoms in total. The SMILES string of the molecule is CC(C)(C)C(=O)NC1=CC(=O)C=CC1=O. The van der Waals surface area contributed by atoms with E-state index in [0.717, 1.165) is 12.2 Å². The fourth-order valence-corrected chi connectivity index (χ4v) is 0.917. The van der Waals surface area contributed by atoms with E-state index in [1.54, 1.807) is 20.8 Å². The minimum absolute atomic E-state index is 0.0439. The van der Waals surface area contributed by atoms with E-state index in [4.69, 9.17) is 0 Å². The standard InChI is InChI=1S/C11H13NO3/c1-11(2,3)10(15)12-8-6-7(13)4-5-9(8)14/h4-6H,1-3H3,(H,12,15). The van der Waals surface area contributed by atoms with Crippen molar-refractivity contribution in [3.63, 3.8) is 0 Å². The van der Waals surface area contributed by atoms with Gasteiger partial charge in [-0.05, 0) is 12.2 Å². The Morgan fingerprint density at radius 2 is 1.80 bits per heavy atom. The number of carbonyl (C=O) groups is 3. The zero-order valence-corrected chi connectivity index (χ0v) is 8.96. The second-order valence-electron chi connectivity index (χ2n) is 4.36. The molecule has 0 aromatic rings. The summed E-state index contributed by atoms with van der Waals surface area (Å²) in [6.45, 7) is 5.19. The maximum absolute atomic E-state index is 11.5. The van der Waals surface area contributed by atoms with Crippen LogP contribution < -0.4 is 5.32 Å². The van der Waals surface area contributed by atoms with Gasteiger partial charge in [0.15, 0.2) is 5.78 Å². The van der Waals surface area contributed by atoms with E-state index >= 15 is 0 Å². The summed E-state index contributed by atoms with van der Waals surface area (Å²) in [5, 5.41) is 2.44. The molecule has 80 valence electrons. The molecule has 0 aromatic heterocycles. The van der Waals surface area contributed by atoms with Gasteiger partial charge in [-0.1, -0.05) is 20.8 Å². The summed E-state index contributed by atoms with van der Waals surface area (Å²) in [7, 11) is 0. The normalized spacial score (nSPS) is 16.3. The average molecular weight is 207 g/mol. The molecule has 0 unspecified atom stereocenters. The fourth-order valence-electron chi connectivity index (χ4n) is 0.917. The van der Waals surface area contributed by atoms with E-state index in [2.05, 4.69) is 5.32 Å². The Morgan fingerprint density at radius 1 is 1.20 bits per heavy atom. The number of rotatable bonds is 1. The van der Waals surface area contributed by atoms with E-state index in [1.807, 2.05) is 0 Å². The van der Waals surface area contributed by atoms with Crippen molar-refractivity contribution >= 4 is 17.5 Å². The molecule has 4 heteroatoms. The van der Waals surface area contributed by atoms with Gasteiger partial charge in [0.25, 0.3) is 0 Å². The van der Waals surface area contributed by atoms with Crippen LogP contribution in [0.3, 0.4) is 0 Å². The van der Waals surface area contributed by atoms with E-state index in [0.29, 0.717) is 0 Å². The highest BCUT2D eigenvalue weighted by Gasteiger charge is 2.24. The fraction of sp³-hybridized carbons (Fsp3) is 0.364. The molecule has 0 saturated carbocycles. The Kier molecular flexibility index (Phi) is 2.88. The van der Waals surface area contributed by atoms with E-state index in [-0.39, 0.29) is 23.2 Å². The number of hydrogen-bond donors (Lipinski definition) is 1. The molecule has 15 heavy (non-hydrogen) atoms. The zero-order chi connectivity index (χ0) is 11.6. The summed E-state index contributed by atoms with van der Waals surface area (Å²) in [6.07, 6.45) is 3.46. The third-order valence-corrected chi connectivity index (χ3v) is 1.88. The third kappa shape index (κ3) is 2.87. The van der Waals surface area contributed by atoms with E-state index in [1.165, 1.54) is 6.08 Å². The van der Waals surface area contributed by atoms with Crippen LogP contribution in [0.4, 0.5) is 0 Å². The van der Waals surface area contributed by atoms with Crippen molar-refractivity contribution in [2.45, 2.75) is 20.8 Å². The Hall–Kier alpha value is -1.71. The van der Waals surface area contributed by atoms with Crippen molar-refractivity contribution in [3.8, 4) is 0 Å². The molecule has 0 atom stereocenters. The molecule has 0 spiro atoms. The molecule has 0 aromatic carbocycles. The number of hydrogen-bond acceptors (Lipinski definition) is 3. The van der Waals surface area contributed by atoms with Crippen molar-refractivity contribution in [2.24, 2.45) is 5.41 Å². The first-order chi connectivity index (χ1) is 6.80. The number of carbonyl (C=O) groups excluding carboxylic acids is 3. The van der Waals surface area contributed by atoms with Crippen LogP contribution in [-0.4, -0.2) is 17.5 Å². The third-order valence-electron chi connectivity index (χ3n) is 1.88. The smallest absolute Gasteiger partial charge is 0.229 e. The maximum Gasteiger partial charge on any atom is 0.229 e. The second kappa shape index (κ2) is 3.81. The molecule has 1 aliphatic carbocycles. The molecule has 1 amide bonds. The molecule has 0 bridgehead atoms. The van der Waals surface area contributed by atoms with E-state index < -0.39 is 5.41 Å². The van der Waals surface area contributed by atoms with Gasteiger partial charge in [-0.3, -0.25) is 14.4 Å². The van der Waals surface area contributed by atoms with Gasteiger partial charge in [0, 0.05) is 11.5 Å². The second-order valence-corrected chi connectivity index (χ2v) is 4.36. The van der Waals surface area contributed by atoms with Gasteiger partial charge in [-0.2, -0.15) is 0 Å². The summed E-state index contributed by atoms with van der Waals surface area (Å²) in [4.78, 5) is 33.8. The number of ketones is 2. The van der Waals surface area contributed by atoms with E-state index in [9.17, 15) is 14.4 Å². The molecule has 1 N–H and O–H groups in total. The van der Waals surface area contributed by atoms with Crippen LogP contribution in [-0.2, 0) is 14.4 Å². The van der Waals surface area contributed by atoms with Crippen LogP contribution in [0.15, 0.2) is 23.9 Å². The molecule has 0 aliphatic heterocycles. The van der Waals surface area contributed by atoms with Crippen molar-refractivity contribution in [1.29, 1.82) is 0 Å². The van der Waals surface area contributed by atoms with Gasteiger partial charge >= 0.3 is 0 Å². The maximum atomic E-state index is 11.5. The molecule has 1 rings (SSSR count). The molecular weight excluding hydrogens is 194 g/mol. The van der Waals surface area contributed by atoms with Crippen LogP contribution in [0.1, 0.15) is 20.8 Å². The van der Waals surface area contributed by atoms with Crippen molar-refractivity contribution < 1.29 is 14.4 Å². The number of amides is 1. The zero-order valence-electron chi connectivity index (χ0n) is 8.96. The lowest BCUT2D eigenvalue weighted by atomic mass is 9.95. The number of nitrogens with one attached hydrogen (secondary N) is 1. The summed E-state index contributed by atoms with van der Waals surface area (Å²) in [5.41, 5.74) is -0.548. The Labute approximate surface area is 88.0 Å². The monoisotopic (exact) mass is 207 g/mol. The molecule has 1 aliphatic rings. The van der Waals surface area contributed by atoms with Gasteiger partial charge < -0.3 is 5.32 Å². The van der Waals surface area contributed by atoms with Gasteiger partial charge in [-0.15, -0.1) is 0 Å². The van der Waals surface area contributed by atoms with Crippen molar-refractivity contribution in [1.82, 2.24) is 5.32 Å².